The van der Waals surface area contributed by atoms with Crippen molar-refractivity contribution in [3.8, 4) is 6.07 Å². The van der Waals surface area contributed by atoms with Crippen LogP contribution in [0.2, 0.25) is 0 Å². The van der Waals surface area contributed by atoms with E-state index in [9.17, 15) is 17.9 Å². The molecule has 0 aromatic heterocycles. The van der Waals surface area contributed by atoms with Gasteiger partial charge in [-0.1, -0.05) is 6.07 Å². The number of nitriles is 1. The van der Waals surface area contributed by atoms with Crippen LogP contribution < -0.4 is 0 Å². The van der Waals surface area contributed by atoms with Crippen LogP contribution in [-0.2, 0) is 10.0 Å². The minimum Gasteiger partial charge on any atom is -0.396 e. The number of aliphatic hydroxyl groups excluding tert-OH is 1. The summed E-state index contributed by atoms with van der Waals surface area (Å²) in [6, 6.07) is 4.96. The highest BCUT2D eigenvalue weighted by molar-refractivity contribution is 7.89. The first-order chi connectivity index (χ1) is 9.91. The van der Waals surface area contributed by atoms with Crippen molar-refractivity contribution in [2.24, 2.45) is 5.92 Å². The Morgan fingerprint density at radius 2 is 2.19 bits per heavy atom. The lowest BCUT2D eigenvalue weighted by atomic mass is 9.96. The Bertz CT molecular complexity index is 669. The molecule has 1 aromatic rings. The van der Waals surface area contributed by atoms with Crippen LogP contribution in [-0.4, -0.2) is 37.0 Å². The van der Waals surface area contributed by atoms with Gasteiger partial charge in [0.1, 0.15) is 22.3 Å². The number of piperidine rings is 1. The SMILES string of the molecule is C[C@H]1CC[C@H](CO)CN1S(=O)(=O)c1cccc(F)c1C#N. The van der Waals surface area contributed by atoms with Crippen molar-refractivity contribution >= 4 is 10.0 Å². The van der Waals surface area contributed by atoms with Gasteiger partial charge in [0.2, 0.25) is 10.0 Å². The average molecular weight is 312 g/mol. The van der Waals surface area contributed by atoms with Crippen LogP contribution in [0.25, 0.3) is 0 Å². The van der Waals surface area contributed by atoms with Gasteiger partial charge in [0.25, 0.3) is 0 Å². The van der Waals surface area contributed by atoms with Crippen molar-refractivity contribution in [3.05, 3.63) is 29.6 Å². The molecule has 0 spiro atoms. The van der Waals surface area contributed by atoms with E-state index in [0.29, 0.717) is 6.42 Å². The third-order valence-electron chi connectivity index (χ3n) is 3.85. The Balaban J connectivity index is 2.47. The van der Waals surface area contributed by atoms with Crippen LogP contribution in [0.15, 0.2) is 23.1 Å². The molecule has 0 aliphatic carbocycles. The van der Waals surface area contributed by atoms with E-state index in [1.54, 1.807) is 13.0 Å². The Kier molecular flexibility index (Phi) is 4.61. The molecule has 1 N–H and O–H groups in total. The van der Waals surface area contributed by atoms with Gasteiger partial charge >= 0.3 is 0 Å². The molecule has 21 heavy (non-hydrogen) atoms. The zero-order valence-corrected chi connectivity index (χ0v) is 12.5. The van der Waals surface area contributed by atoms with E-state index in [4.69, 9.17) is 5.26 Å². The minimum absolute atomic E-state index is 0.0903. The van der Waals surface area contributed by atoms with E-state index in [-0.39, 0.29) is 30.0 Å². The standard InChI is InChI=1S/C14H17FN2O3S/c1-10-5-6-11(9-18)8-17(10)21(19,20)14-4-2-3-13(15)12(14)7-16/h2-4,10-11,18H,5-6,8-9H2,1H3/t10-,11-/m0/s1. The third kappa shape index (κ3) is 2.93. The van der Waals surface area contributed by atoms with E-state index in [1.807, 2.05) is 0 Å². The number of sulfonamides is 1. The molecule has 0 radical (unpaired) electrons. The van der Waals surface area contributed by atoms with Gasteiger partial charge in [-0.2, -0.15) is 9.57 Å². The molecule has 1 heterocycles. The topological polar surface area (TPSA) is 81.4 Å². The maximum atomic E-state index is 13.6. The molecule has 1 aromatic carbocycles. The van der Waals surface area contributed by atoms with Crippen LogP contribution in [0, 0.1) is 23.1 Å². The van der Waals surface area contributed by atoms with Crippen LogP contribution >= 0.6 is 0 Å². The summed E-state index contributed by atoms with van der Waals surface area (Å²) < 4.78 is 40.3. The Labute approximate surface area is 123 Å². The van der Waals surface area contributed by atoms with Gasteiger partial charge in [-0.25, -0.2) is 12.8 Å². The number of benzene rings is 1. The van der Waals surface area contributed by atoms with Crippen LogP contribution in [0.3, 0.4) is 0 Å². The Morgan fingerprint density at radius 1 is 1.48 bits per heavy atom. The number of halogens is 1. The van der Waals surface area contributed by atoms with Gasteiger partial charge in [0.15, 0.2) is 0 Å². The maximum absolute atomic E-state index is 13.6. The molecule has 1 aliphatic heterocycles. The highest BCUT2D eigenvalue weighted by Crippen LogP contribution is 2.29. The fourth-order valence-corrected chi connectivity index (χ4v) is 4.48. The summed E-state index contributed by atoms with van der Waals surface area (Å²) in [4.78, 5) is -0.310. The van der Waals surface area contributed by atoms with Crippen molar-refractivity contribution in [1.82, 2.24) is 4.31 Å². The van der Waals surface area contributed by atoms with Crippen LogP contribution in [0.1, 0.15) is 25.3 Å². The number of hydrogen-bond acceptors (Lipinski definition) is 4. The molecule has 5 nitrogen and oxygen atoms in total. The van der Waals surface area contributed by atoms with Gasteiger partial charge in [-0.05, 0) is 37.8 Å². The van der Waals surface area contributed by atoms with Crippen molar-refractivity contribution in [3.63, 3.8) is 0 Å². The first-order valence-electron chi connectivity index (χ1n) is 6.73. The minimum atomic E-state index is -3.96. The lowest BCUT2D eigenvalue weighted by Gasteiger charge is -2.36. The molecule has 1 aliphatic rings. The molecule has 0 bridgehead atoms. The molecule has 1 fully saturated rings. The Morgan fingerprint density at radius 3 is 2.81 bits per heavy atom. The van der Waals surface area contributed by atoms with Crippen LogP contribution in [0.4, 0.5) is 4.39 Å². The van der Waals surface area contributed by atoms with Gasteiger partial charge in [0.05, 0.1) is 0 Å². The molecule has 1 saturated heterocycles. The number of nitrogens with zero attached hydrogens (tertiary/aromatic N) is 2. The lowest BCUT2D eigenvalue weighted by Crippen LogP contribution is -2.46. The summed E-state index contributed by atoms with van der Waals surface area (Å²) in [5.74, 6) is -0.975. The van der Waals surface area contributed by atoms with Crippen molar-refractivity contribution in [2.75, 3.05) is 13.2 Å². The second-order valence-corrected chi connectivity index (χ2v) is 7.13. The first kappa shape index (κ1) is 15.9. The quantitative estimate of drug-likeness (QED) is 0.916. The second kappa shape index (κ2) is 6.10. The summed E-state index contributed by atoms with van der Waals surface area (Å²) in [6.45, 7) is 1.87. The summed E-state index contributed by atoms with van der Waals surface area (Å²) in [5.41, 5.74) is -0.462. The zero-order chi connectivity index (χ0) is 15.6. The zero-order valence-electron chi connectivity index (χ0n) is 11.7. The van der Waals surface area contributed by atoms with E-state index >= 15 is 0 Å². The van der Waals surface area contributed by atoms with Gasteiger partial charge < -0.3 is 5.11 Å². The smallest absolute Gasteiger partial charge is 0.244 e. The average Bonchev–Trinajstić information content (AvgIpc) is 2.47. The van der Waals surface area contributed by atoms with Gasteiger partial charge in [0, 0.05) is 19.2 Å². The fourth-order valence-electron chi connectivity index (χ4n) is 2.58. The molecule has 0 amide bonds. The largest absolute Gasteiger partial charge is 0.396 e. The number of aliphatic hydroxyl groups is 1. The maximum Gasteiger partial charge on any atom is 0.244 e. The van der Waals surface area contributed by atoms with E-state index in [1.165, 1.54) is 16.4 Å². The predicted octanol–water partition coefficient (Wildman–Crippen LogP) is 1.48. The van der Waals surface area contributed by atoms with Gasteiger partial charge in [-0.3, -0.25) is 0 Å². The molecule has 0 saturated carbocycles. The molecule has 0 unspecified atom stereocenters. The summed E-state index contributed by atoms with van der Waals surface area (Å²) >= 11 is 0. The summed E-state index contributed by atoms with van der Waals surface area (Å²) in [6.07, 6.45) is 1.37. The van der Waals surface area contributed by atoms with E-state index in [2.05, 4.69) is 0 Å². The third-order valence-corrected chi connectivity index (χ3v) is 5.88. The molecule has 2 rings (SSSR count). The molecule has 7 heteroatoms. The molecular formula is C14H17FN2O3S. The highest BCUT2D eigenvalue weighted by Gasteiger charge is 2.36. The lowest BCUT2D eigenvalue weighted by molar-refractivity contribution is 0.139. The monoisotopic (exact) mass is 312 g/mol. The summed E-state index contributed by atoms with van der Waals surface area (Å²) in [5, 5.41) is 18.3. The van der Waals surface area contributed by atoms with Crippen LogP contribution in [0.5, 0.6) is 0 Å². The Hall–Kier alpha value is -1.49. The van der Waals surface area contributed by atoms with Crippen molar-refractivity contribution in [2.45, 2.75) is 30.7 Å². The predicted molar refractivity (Wildman–Crippen MR) is 74.3 cm³/mol. The fraction of sp³-hybridized carbons (Fsp3) is 0.500. The van der Waals surface area contributed by atoms with E-state index < -0.39 is 21.4 Å². The van der Waals surface area contributed by atoms with Gasteiger partial charge in [-0.15, -0.1) is 0 Å². The normalized spacial score (nSPS) is 23.7. The molecule has 2 atom stereocenters. The van der Waals surface area contributed by atoms with Crippen molar-refractivity contribution in [1.29, 1.82) is 5.26 Å². The summed E-state index contributed by atoms with van der Waals surface area (Å²) in [7, 11) is -3.96. The second-order valence-electron chi connectivity index (χ2n) is 5.27. The van der Waals surface area contributed by atoms with Crippen molar-refractivity contribution < 1.29 is 17.9 Å². The molecular weight excluding hydrogens is 295 g/mol. The number of rotatable bonds is 3. The number of hydrogen-bond donors (Lipinski definition) is 1. The van der Waals surface area contributed by atoms with E-state index in [0.717, 1.165) is 12.5 Å². The first-order valence-corrected chi connectivity index (χ1v) is 8.17. The molecule has 114 valence electrons. The highest BCUT2D eigenvalue weighted by atomic mass is 32.2.